The molecule has 1 aliphatic heterocycles. The summed E-state index contributed by atoms with van der Waals surface area (Å²) in [6, 6.07) is 0. The van der Waals surface area contributed by atoms with Crippen LogP contribution in [-0.4, -0.2) is 40.4 Å². The van der Waals surface area contributed by atoms with Gasteiger partial charge in [-0.05, 0) is 6.92 Å². The van der Waals surface area contributed by atoms with Gasteiger partial charge in [-0.2, -0.15) is 4.33 Å². The fourth-order valence-corrected chi connectivity index (χ4v) is 1.69. The van der Waals surface area contributed by atoms with Crippen molar-refractivity contribution in [3.05, 3.63) is 0 Å². The van der Waals surface area contributed by atoms with Gasteiger partial charge in [0.2, 0.25) is 0 Å². The van der Waals surface area contributed by atoms with Gasteiger partial charge in [-0.15, -0.1) is 0 Å². The Labute approximate surface area is 79.5 Å². The molecule has 0 aromatic heterocycles. The van der Waals surface area contributed by atoms with Gasteiger partial charge in [0.15, 0.2) is 0 Å². The Morgan fingerprint density at radius 3 is 2.62 bits per heavy atom. The quantitative estimate of drug-likeness (QED) is 0.249. The summed E-state index contributed by atoms with van der Waals surface area (Å²) in [4.78, 5) is 0. The van der Waals surface area contributed by atoms with Crippen LogP contribution in [0.15, 0.2) is 0 Å². The van der Waals surface area contributed by atoms with Crippen LogP contribution in [0.4, 0.5) is 0 Å². The van der Waals surface area contributed by atoms with Gasteiger partial charge in [0.25, 0.3) is 0 Å². The first-order chi connectivity index (χ1) is 6.16. The van der Waals surface area contributed by atoms with Crippen molar-refractivity contribution in [3.63, 3.8) is 0 Å². The zero-order chi connectivity index (χ0) is 9.84. The van der Waals surface area contributed by atoms with E-state index in [0.29, 0.717) is 0 Å². The van der Waals surface area contributed by atoms with Crippen LogP contribution in [0.25, 0.3) is 0 Å². The molecule has 1 heterocycles. The summed E-state index contributed by atoms with van der Waals surface area (Å²) in [5.41, 5.74) is 0. The highest BCUT2D eigenvalue weighted by atomic mass is 32.2. The van der Waals surface area contributed by atoms with E-state index >= 15 is 0 Å². The molecule has 0 saturated carbocycles. The summed E-state index contributed by atoms with van der Waals surface area (Å²) in [7, 11) is 0. The number of aliphatic hydroxyl groups excluding tert-OH is 2. The van der Waals surface area contributed by atoms with Crippen LogP contribution in [0, 0.1) is 0 Å². The van der Waals surface area contributed by atoms with E-state index in [4.69, 9.17) is 4.74 Å². The molecule has 6 nitrogen and oxygen atoms in total. The second kappa shape index (κ2) is 5.11. The molecule has 1 rings (SSSR count). The van der Waals surface area contributed by atoms with Crippen molar-refractivity contribution in [2.24, 2.45) is 0 Å². The number of hydrogen-bond donors (Lipinski definition) is 2. The van der Waals surface area contributed by atoms with Crippen LogP contribution < -0.4 is 5.26 Å². The molecule has 7 heteroatoms. The predicted molar refractivity (Wildman–Crippen MR) is 41.0 cm³/mol. The second-order valence-corrected chi connectivity index (χ2v) is 3.49. The Kier molecular flexibility index (Phi) is 4.39. The van der Waals surface area contributed by atoms with Crippen LogP contribution in [0.2, 0.25) is 0 Å². The Morgan fingerprint density at radius 1 is 1.46 bits per heavy atom. The fraction of sp³-hybridized carbons (Fsp3) is 1.00. The van der Waals surface area contributed by atoms with E-state index in [-0.39, 0.29) is 5.75 Å². The molecule has 0 spiro atoms. The molecule has 0 aromatic rings. The lowest BCUT2D eigenvalue weighted by molar-refractivity contribution is -0.777. The van der Waals surface area contributed by atoms with Crippen molar-refractivity contribution in [2.45, 2.75) is 31.3 Å². The average Bonchev–Trinajstić information content (AvgIpc) is 2.34. The van der Waals surface area contributed by atoms with Gasteiger partial charge >= 0.3 is 0 Å². The molecule has 0 aliphatic carbocycles. The maximum atomic E-state index is 9.42. The zero-order valence-electron chi connectivity index (χ0n) is 6.95. The van der Waals surface area contributed by atoms with Crippen molar-refractivity contribution >= 4 is 12.0 Å². The lowest BCUT2D eigenvalue weighted by atomic mass is 10.1. The lowest BCUT2D eigenvalue weighted by Gasteiger charge is -2.13. The minimum atomic E-state index is -0.947. The molecule has 0 bridgehead atoms. The summed E-state index contributed by atoms with van der Waals surface area (Å²) >= 11 is 0.727. The topological polar surface area (TPSA) is 91.2 Å². The van der Waals surface area contributed by atoms with Gasteiger partial charge in [0.1, 0.15) is 12.2 Å². The zero-order valence-corrected chi connectivity index (χ0v) is 7.77. The molecular formula is C6H11O6S-. The maximum Gasteiger partial charge on any atom is 0.109 e. The van der Waals surface area contributed by atoms with Gasteiger partial charge in [-0.3, -0.25) is 5.04 Å². The second-order valence-electron chi connectivity index (χ2n) is 2.78. The molecule has 4 unspecified atom stereocenters. The third-order valence-electron chi connectivity index (χ3n) is 1.91. The molecule has 0 radical (unpaired) electrons. The van der Waals surface area contributed by atoms with Crippen molar-refractivity contribution in [2.75, 3.05) is 5.75 Å². The number of rotatable bonds is 4. The Balaban J connectivity index is 2.27. The molecule has 13 heavy (non-hydrogen) atoms. The van der Waals surface area contributed by atoms with Crippen molar-refractivity contribution < 1.29 is 29.6 Å². The van der Waals surface area contributed by atoms with Gasteiger partial charge in [-0.25, -0.2) is 0 Å². The Morgan fingerprint density at radius 2 is 2.15 bits per heavy atom. The van der Waals surface area contributed by atoms with Crippen LogP contribution in [0.1, 0.15) is 6.92 Å². The standard InChI is InChI=1S/C6H12O6S/c1-3-5(7)6(8)4(10-3)2-13-12-11-9/h3-9H,2H2,1H3/p-1. The van der Waals surface area contributed by atoms with Gasteiger partial charge in [-0.1, -0.05) is 0 Å². The molecule has 1 saturated heterocycles. The number of aliphatic hydroxyl groups is 2. The van der Waals surface area contributed by atoms with Crippen LogP contribution in [-0.2, 0) is 14.1 Å². The van der Waals surface area contributed by atoms with Gasteiger partial charge in [0.05, 0.1) is 18.0 Å². The molecule has 0 amide bonds. The SMILES string of the molecule is CC1OC(CSOO[O-])C(O)C1O. The molecule has 1 aliphatic rings. The normalized spacial score (nSPS) is 39.7. The fourth-order valence-electron chi connectivity index (χ4n) is 1.19. The van der Waals surface area contributed by atoms with E-state index in [0.717, 1.165) is 12.0 Å². The van der Waals surface area contributed by atoms with Gasteiger partial charge in [0, 0.05) is 12.0 Å². The first-order valence-electron chi connectivity index (χ1n) is 3.76. The van der Waals surface area contributed by atoms with E-state index in [1.54, 1.807) is 6.92 Å². The summed E-state index contributed by atoms with van der Waals surface area (Å²) < 4.78 is 9.18. The van der Waals surface area contributed by atoms with E-state index in [1.165, 1.54) is 0 Å². The lowest BCUT2D eigenvalue weighted by Crippen LogP contribution is -2.32. The predicted octanol–water partition coefficient (Wildman–Crippen LogP) is -1.63. The van der Waals surface area contributed by atoms with Gasteiger partial charge < -0.3 is 20.2 Å². The summed E-state index contributed by atoms with van der Waals surface area (Å²) in [5, 5.41) is 31.2. The molecule has 0 aromatic carbocycles. The third-order valence-corrected chi connectivity index (χ3v) is 2.53. The van der Waals surface area contributed by atoms with E-state index in [9.17, 15) is 15.5 Å². The minimum Gasteiger partial charge on any atom is -0.691 e. The summed E-state index contributed by atoms with van der Waals surface area (Å²) in [5.74, 6) is 0.227. The number of hydrogen-bond acceptors (Lipinski definition) is 7. The smallest absolute Gasteiger partial charge is 0.109 e. The van der Waals surface area contributed by atoms with E-state index in [1.807, 2.05) is 0 Å². The highest BCUT2D eigenvalue weighted by Crippen LogP contribution is 2.23. The van der Waals surface area contributed by atoms with Crippen molar-refractivity contribution in [1.82, 2.24) is 0 Å². The maximum absolute atomic E-state index is 9.42. The monoisotopic (exact) mass is 211 g/mol. The van der Waals surface area contributed by atoms with E-state index < -0.39 is 24.4 Å². The molecule has 2 N–H and O–H groups in total. The Hall–Kier alpha value is 0.110. The summed E-state index contributed by atoms with van der Waals surface area (Å²) in [6.07, 6.45) is -2.78. The molecule has 78 valence electrons. The van der Waals surface area contributed by atoms with Crippen LogP contribution in [0.5, 0.6) is 0 Å². The van der Waals surface area contributed by atoms with E-state index in [2.05, 4.69) is 9.37 Å². The van der Waals surface area contributed by atoms with Crippen LogP contribution >= 0.6 is 12.0 Å². The Bertz CT molecular complexity index is 156. The average molecular weight is 211 g/mol. The number of ether oxygens (including phenoxy) is 1. The molecular weight excluding hydrogens is 200 g/mol. The first kappa shape index (κ1) is 11.2. The third kappa shape index (κ3) is 2.78. The first-order valence-corrected chi connectivity index (χ1v) is 4.67. The summed E-state index contributed by atoms with van der Waals surface area (Å²) in [6.45, 7) is 1.66. The highest BCUT2D eigenvalue weighted by Gasteiger charge is 2.39. The molecule has 1 fully saturated rings. The molecule has 4 atom stereocenters. The largest absolute Gasteiger partial charge is 0.691 e. The van der Waals surface area contributed by atoms with Crippen LogP contribution in [0.3, 0.4) is 0 Å². The minimum absolute atomic E-state index is 0.227. The highest BCUT2D eigenvalue weighted by molar-refractivity contribution is 7.94. The van der Waals surface area contributed by atoms with Crippen molar-refractivity contribution in [3.8, 4) is 0 Å². The van der Waals surface area contributed by atoms with Crippen molar-refractivity contribution in [1.29, 1.82) is 0 Å².